The van der Waals surface area contributed by atoms with Crippen molar-refractivity contribution in [2.24, 2.45) is 5.92 Å². The predicted octanol–water partition coefficient (Wildman–Crippen LogP) is 3.83. The van der Waals surface area contributed by atoms with Crippen LogP contribution in [-0.2, 0) is 21.1 Å². The molecule has 1 aromatic heterocycles. The molecule has 1 saturated heterocycles. The molecule has 34 heavy (non-hydrogen) atoms. The van der Waals surface area contributed by atoms with Gasteiger partial charge in [-0.3, -0.25) is 9.59 Å². The summed E-state index contributed by atoms with van der Waals surface area (Å²) < 4.78 is 30.1. The summed E-state index contributed by atoms with van der Waals surface area (Å²) in [7, 11) is -3.32. The van der Waals surface area contributed by atoms with Crippen LogP contribution in [0.3, 0.4) is 0 Å². The Labute approximate surface area is 200 Å². The van der Waals surface area contributed by atoms with Crippen molar-refractivity contribution in [3.05, 3.63) is 65.9 Å². The van der Waals surface area contributed by atoms with E-state index in [0.717, 1.165) is 23.8 Å². The highest BCUT2D eigenvalue weighted by Crippen LogP contribution is 2.23. The number of nitrogens with zero attached hydrogens (tertiary/aromatic N) is 1. The zero-order valence-electron chi connectivity index (χ0n) is 19.5. The van der Waals surface area contributed by atoms with Crippen molar-refractivity contribution < 1.29 is 22.4 Å². The third-order valence-corrected chi connectivity index (χ3v) is 8.53. The number of amides is 2. The number of piperidine rings is 1. The molecule has 180 valence electrons. The Morgan fingerprint density at radius 1 is 1.06 bits per heavy atom. The highest BCUT2D eigenvalue weighted by molar-refractivity contribution is 7.92. The van der Waals surface area contributed by atoms with Gasteiger partial charge in [-0.1, -0.05) is 30.3 Å². The maximum Gasteiger partial charge on any atom is 0.289 e. The van der Waals surface area contributed by atoms with Crippen LogP contribution in [0.2, 0.25) is 0 Å². The van der Waals surface area contributed by atoms with Gasteiger partial charge in [0.2, 0.25) is 5.91 Å². The highest BCUT2D eigenvalue weighted by Gasteiger charge is 2.26. The number of furan rings is 1. The van der Waals surface area contributed by atoms with Crippen LogP contribution in [0.1, 0.15) is 42.8 Å². The lowest BCUT2D eigenvalue weighted by Gasteiger charge is -2.31. The molecule has 0 spiro atoms. The summed E-state index contributed by atoms with van der Waals surface area (Å²) in [5.74, 6) is 0.476. The van der Waals surface area contributed by atoms with Gasteiger partial charge >= 0.3 is 0 Å². The molecule has 8 heteroatoms. The van der Waals surface area contributed by atoms with Crippen molar-refractivity contribution in [2.45, 2.75) is 43.3 Å². The number of likely N-dealkylation sites (tertiary alicyclic amines) is 1. The largest absolute Gasteiger partial charge is 0.451 e. The quantitative estimate of drug-likeness (QED) is 0.552. The van der Waals surface area contributed by atoms with Crippen LogP contribution in [0, 0.1) is 5.92 Å². The van der Waals surface area contributed by atoms with Gasteiger partial charge in [0.25, 0.3) is 5.91 Å². The number of hydrogen-bond acceptors (Lipinski definition) is 5. The van der Waals surface area contributed by atoms with Crippen molar-refractivity contribution in [3.63, 3.8) is 0 Å². The molecule has 2 amide bonds. The second-order valence-electron chi connectivity index (χ2n) is 9.10. The molecule has 0 bridgehead atoms. The summed E-state index contributed by atoms with van der Waals surface area (Å²) >= 11 is 0. The Bertz CT molecular complexity index is 1240. The third kappa shape index (κ3) is 5.33. The van der Waals surface area contributed by atoms with Crippen molar-refractivity contribution in [1.82, 2.24) is 10.2 Å². The summed E-state index contributed by atoms with van der Waals surface area (Å²) in [5, 5.41) is 3.41. The molecule has 1 N–H and O–H groups in total. The van der Waals surface area contributed by atoms with Gasteiger partial charge in [-0.25, -0.2) is 8.42 Å². The fraction of sp³-hybridized carbons (Fsp3) is 0.385. The Balaban J connectivity index is 1.23. The van der Waals surface area contributed by atoms with E-state index in [9.17, 15) is 18.0 Å². The summed E-state index contributed by atoms with van der Waals surface area (Å²) in [6.45, 7) is 5.11. The van der Waals surface area contributed by atoms with Gasteiger partial charge in [-0.2, -0.15) is 0 Å². The van der Waals surface area contributed by atoms with E-state index in [-0.39, 0.29) is 23.1 Å². The number of carbonyl (C=O) groups excluding carboxylic acids is 2. The smallest absolute Gasteiger partial charge is 0.289 e. The summed E-state index contributed by atoms with van der Waals surface area (Å²) in [6, 6.07) is 15.9. The van der Waals surface area contributed by atoms with Crippen LogP contribution in [0.25, 0.3) is 11.0 Å². The van der Waals surface area contributed by atoms with E-state index in [1.54, 1.807) is 44.2 Å². The lowest BCUT2D eigenvalue weighted by atomic mass is 9.96. The molecule has 1 aliphatic rings. The second kappa shape index (κ2) is 10.0. The van der Waals surface area contributed by atoms with Gasteiger partial charge in [0, 0.05) is 25.0 Å². The van der Waals surface area contributed by atoms with Gasteiger partial charge in [0.15, 0.2) is 15.6 Å². The molecule has 4 rings (SSSR count). The second-order valence-corrected chi connectivity index (χ2v) is 11.6. The number of benzene rings is 2. The molecule has 0 saturated carbocycles. The molecular formula is C26H30N2O5S. The lowest BCUT2D eigenvalue weighted by Crippen LogP contribution is -2.41. The molecule has 0 atom stereocenters. The van der Waals surface area contributed by atoms with Crippen LogP contribution in [0.4, 0.5) is 0 Å². The molecular weight excluding hydrogens is 452 g/mol. The van der Waals surface area contributed by atoms with Gasteiger partial charge in [-0.05, 0) is 62.4 Å². The predicted molar refractivity (Wildman–Crippen MR) is 130 cm³/mol. The zero-order chi connectivity index (χ0) is 24.3. The van der Waals surface area contributed by atoms with Crippen molar-refractivity contribution in [2.75, 3.05) is 19.6 Å². The van der Waals surface area contributed by atoms with E-state index in [2.05, 4.69) is 5.32 Å². The Morgan fingerprint density at radius 3 is 2.38 bits per heavy atom. The Morgan fingerprint density at radius 2 is 1.74 bits per heavy atom. The van der Waals surface area contributed by atoms with Crippen molar-refractivity contribution in [3.8, 4) is 0 Å². The minimum absolute atomic E-state index is 0.0957. The van der Waals surface area contributed by atoms with Crippen molar-refractivity contribution in [1.29, 1.82) is 0 Å². The van der Waals surface area contributed by atoms with Crippen LogP contribution in [-0.4, -0.2) is 50.0 Å². The number of para-hydroxylation sites is 1. The maximum absolute atomic E-state index is 12.8. The van der Waals surface area contributed by atoms with E-state index in [1.165, 1.54) is 0 Å². The topological polar surface area (TPSA) is 96.7 Å². The van der Waals surface area contributed by atoms with E-state index < -0.39 is 15.1 Å². The molecule has 0 radical (unpaired) electrons. The van der Waals surface area contributed by atoms with Crippen LogP contribution < -0.4 is 5.32 Å². The van der Waals surface area contributed by atoms with Crippen LogP contribution >= 0.6 is 0 Å². The van der Waals surface area contributed by atoms with Gasteiger partial charge in [0.1, 0.15) is 5.58 Å². The Kier molecular flexibility index (Phi) is 7.07. The molecule has 1 aliphatic heterocycles. The average molecular weight is 483 g/mol. The summed E-state index contributed by atoms with van der Waals surface area (Å²) in [5.41, 5.74) is 1.48. The molecule has 1 fully saturated rings. The monoisotopic (exact) mass is 482 g/mol. The van der Waals surface area contributed by atoms with Gasteiger partial charge in [0.05, 0.1) is 16.6 Å². The fourth-order valence-corrected chi connectivity index (χ4v) is 5.22. The molecule has 2 aromatic carbocycles. The van der Waals surface area contributed by atoms with Crippen molar-refractivity contribution >= 4 is 32.6 Å². The first-order valence-corrected chi connectivity index (χ1v) is 13.2. The number of carbonyl (C=O) groups is 2. The standard InChI is InChI=1S/C26H30N2O5S/c1-18(2)34(31,32)22-9-7-19(8-10-22)15-25(29)27-17-20-11-13-28(14-12-20)26(30)24-16-21-5-3-4-6-23(21)33-24/h3-10,16,18,20H,11-15,17H2,1-2H3,(H,27,29). The summed E-state index contributed by atoms with van der Waals surface area (Å²) in [6.07, 6.45) is 1.83. The van der Waals surface area contributed by atoms with E-state index in [4.69, 9.17) is 4.42 Å². The van der Waals surface area contributed by atoms with Gasteiger partial charge < -0.3 is 14.6 Å². The lowest BCUT2D eigenvalue weighted by molar-refractivity contribution is -0.120. The minimum Gasteiger partial charge on any atom is -0.451 e. The normalized spacial score (nSPS) is 15.1. The number of rotatable bonds is 7. The number of hydrogen-bond donors (Lipinski definition) is 1. The van der Waals surface area contributed by atoms with E-state index in [0.29, 0.717) is 36.9 Å². The van der Waals surface area contributed by atoms with Crippen LogP contribution in [0.5, 0.6) is 0 Å². The van der Waals surface area contributed by atoms with E-state index in [1.807, 2.05) is 29.2 Å². The molecule has 2 heterocycles. The fourth-order valence-electron chi connectivity index (χ4n) is 4.16. The first-order chi connectivity index (χ1) is 16.2. The number of nitrogens with one attached hydrogen (secondary N) is 1. The minimum atomic E-state index is -3.32. The first kappa shape index (κ1) is 24.0. The van der Waals surface area contributed by atoms with Gasteiger partial charge in [-0.15, -0.1) is 0 Å². The van der Waals surface area contributed by atoms with Crippen LogP contribution in [0.15, 0.2) is 63.9 Å². The molecule has 7 nitrogen and oxygen atoms in total. The zero-order valence-corrected chi connectivity index (χ0v) is 20.3. The summed E-state index contributed by atoms with van der Waals surface area (Å²) in [4.78, 5) is 27.3. The number of fused-ring (bicyclic) bond motifs is 1. The molecule has 0 unspecified atom stereocenters. The highest BCUT2D eigenvalue weighted by atomic mass is 32.2. The third-order valence-electron chi connectivity index (χ3n) is 6.36. The molecule has 0 aliphatic carbocycles. The first-order valence-electron chi connectivity index (χ1n) is 11.6. The molecule has 3 aromatic rings. The average Bonchev–Trinajstić information content (AvgIpc) is 3.27. The SMILES string of the molecule is CC(C)S(=O)(=O)c1ccc(CC(=O)NCC2CCN(C(=O)c3cc4ccccc4o3)CC2)cc1. The van der Waals surface area contributed by atoms with E-state index >= 15 is 0 Å². The maximum atomic E-state index is 12.8. The number of sulfone groups is 1. The Hall–Kier alpha value is -3.13.